The zero-order valence-corrected chi connectivity index (χ0v) is 19.7. The first-order chi connectivity index (χ1) is 15.3. The summed E-state index contributed by atoms with van der Waals surface area (Å²) in [6.45, 7) is 1.46. The number of ether oxygens (including phenoxy) is 1. The highest BCUT2D eigenvalue weighted by molar-refractivity contribution is 7.90. The Kier molecular flexibility index (Phi) is 7.21. The number of nitrogens with zero attached hydrogens (tertiary/aromatic N) is 1. The molecule has 3 aliphatic rings. The van der Waals surface area contributed by atoms with Crippen molar-refractivity contribution in [1.82, 2.24) is 14.3 Å². The van der Waals surface area contributed by atoms with E-state index in [-0.39, 0.29) is 34.4 Å². The number of carbonyl (C=O) groups excluding carboxylic acids is 1. The van der Waals surface area contributed by atoms with Crippen LogP contribution in [0.3, 0.4) is 0 Å². The predicted octanol–water partition coefficient (Wildman–Crippen LogP) is 1.43. The molecular weight excluding hydrogens is 454 g/mol. The second kappa shape index (κ2) is 9.76. The zero-order valence-electron chi connectivity index (χ0n) is 18.0. The first-order valence-corrected chi connectivity index (χ1v) is 14.3. The van der Waals surface area contributed by atoms with E-state index in [1.807, 2.05) is 0 Å². The van der Waals surface area contributed by atoms with Crippen molar-refractivity contribution in [2.45, 2.75) is 61.3 Å². The summed E-state index contributed by atoms with van der Waals surface area (Å²) in [6.07, 6.45) is 5.95. The monoisotopic (exact) mass is 485 g/mol. The molecule has 2 saturated heterocycles. The van der Waals surface area contributed by atoms with E-state index in [1.165, 1.54) is 28.6 Å². The van der Waals surface area contributed by atoms with E-state index in [9.17, 15) is 21.6 Å². The average molecular weight is 486 g/mol. The Labute approximate surface area is 190 Å². The minimum absolute atomic E-state index is 0.0406. The third-order valence-electron chi connectivity index (χ3n) is 6.61. The van der Waals surface area contributed by atoms with Gasteiger partial charge in [-0.15, -0.1) is 0 Å². The van der Waals surface area contributed by atoms with Crippen LogP contribution in [0.1, 0.15) is 55.3 Å². The molecule has 3 fully saturated rings. The standard InChI is InChI=1S/C21H31N3O6S2/c25-21(16-8-10-17(11-9-16)32(28,29)24-13-4-1-5-14-24)30-15-12-22-20-18-6-2-3-7-19(18)31(26,27)23-20/h8-11,18-20,22-23H,1-7,12-15H2. The lowest BCUT2D eigenvalue weighted by Gasteiger charge is -2.26. The molecule has 9 nitrogen and oxygen atoms in total. The number of rotatable bonds is 7. The van der Waals surface area contributed by atoms with Crippen molar-refractivity contribution in [3.8, 4) is 0 Å². The molecule has 0 amide bonds. The van der Waals surface area contributed by atoms with Crippen molar-refractivity contribution in [2.75, 3.05) is 26.2 Å². The lowest BCUT2D eigenvalue weighted by atomic mass is 9.87. The quantitative estimate of drug-likeness (QED) is 0.442. The second-order valence-corrected chi connectivity index (χ2v) is 12.6. The third-order valence-corrected chi connectivity index (χ3v) is 10.5. The average Bonchev–Trinajstić information content (AvgIpc) is 3.07. The first-order valence-electron chi connectivity index (χ1n) is 11.3. The summed E-state index contributed by atoms with van der Waals surface area (Å²) in [4.78, 5) is 12.5. The number of hydrogen-bond donors (Lipinski definition) is 2. The molecule has 1 saturated carbocycles. The second-order valence-electron chi connectivity index (χ2n) is 8.71. The molecule has 2 N–H and O–H groups in total. The predicted molar refractivity (Wildman–Crippen MR) is 119 cm³/mol. The maximum Gasteiger partial charge on any atom is 0.338 e. The summed E-state index contributed by atoms with van der Waals surface area (Å²) in [6, 6.07) is 5.80. The molecule has 3 atom stereocenters. The topological polar surface area (TPSA) is 122 Å². The molecule has 1 aliphatic carbocycles. The SMILES string of the molecule is O=C(OCCNC1NS(=O)(=O)C2CCCCC12)c1ccc(S(=O)(=O)N2CCCCC2)cc1. The molecule has 0 bridgehead atoms. The van der Waals surface area contributed by atoms with Gasteiger partial charge >= 0.3 is 5.97 Å². The molecule has 11 heteroatoms. The highest BCUT2D eigenvalue weighted by Gasteiger charge is 2.47. The Morgan fingerprint density at radius 1 is 1.06 bits per heavy atom. The highest BCUT2D eigenvalue weighted by Crippen LogP contribution is 2.35. The van der Waals surface area contributed by atoms with Gasteiger partial charge in [-0.05, 0) is 49.9 Å². The van der Waals surface area contributed by atoms with Gasteiger partial charge in [-0.25, -0.2) is 21.6 Å². The summed E-state index contributed by atoms with van der Waals surface area (Å²) in [7, 11) is -6.83. The number of nitrogens with one attached hydrogen (secondary N) is 2. The van der Waals surface area contributed by atoms with Crippen LogP contribution < -0.4 is 10.0 Å². The molecule has 32 heavy (non-hydrogen) atoms. The van der Waals surface area contributed by atoms with E-state index in [1.54, 1.807) is 0 Å². The van der Waals surface area contributed by atoms with Crippen molar-refractivity contribution in [2.24, 2.45) is 5.92 Å². The van der Waals surface area contributed by atoms with Crippen LogP contribution >= 0.6 is 0 Å². The molecule has 2 heterocycles. The first kappa shape index (κ1) is 23.6. The van der Waals surface area contributed by atoms with Crippen molar-refractivity contribution in [3.05, 3.63) is 29.8 Å². The lowest BCUT2D eigenvalue weighted by molar-refractivity contribution is 0.0502. The van der Waals surface area contributed by atoms with Gasteiger partial charge in [0.25, 0.3) is 0 Å². The molecule has 1 aromatic carbocycles. The third kappa shape index (κ3) is 5.01. The number of fused-ring (bicyclic) bond motifs is 1. The van der Waals surface area contributed by atoms with Crippen LogP contribution in [0.2, 0.25) is 0 Å². The highest BCUT2D eigenvalue weighted by atomic mass is 32.2. The number of sulfonamides is 2. The molecule has 0 spiro atoms. The molecule has 4 rings (SSSR count). The minimum Gasteiger partial charge on any atom is -0.461 e. The minimum atomic E-state index is -3.54. The van der Waals surface area contributed by atoms with E-state index in [0.717, 1.165) is 38.5 Å². The van der Waals surface area contributed by atoms with Crippen LogP contribution in [0, 0.1) is 5.92 Å². The molecule has 1 aromatic rings. The van der Waals surface area contributed by atoms with Gasteiger partial charge < -0.3 is 4.74 Å². The van der Waals surface area contributed by atoms with E-state index in [0.29, 0.717) is 26.1 Å². The van der Waals surface area contributed by atoms with Crippen molar-refractivity contribution >= 4 is 26.0 Å². The Morgan fingerprint density at radius 3 is 2.47 bits per heavy atom. The van der Waals surface area contributed by atoms with Gasteiger partial charge in [0.15, 0.2) is 0 Å². The van der Waals surface area contributed by atoms with Gasteiger partial charge in [-0.2, -0.15) is 9.03 Å². The van der Waals surface area contributed by atoms with E-state index >= 15 is 0 Å². The fourth-order valence-electron chi connectivity index (χ4n) is 4.90. The van der Waals surface area contributed by atoms with Crippen LogP contribution in [0.25, 0.3) is 0 Å². The molecule has 2 aliphatic heterocycles. The number of hydrogen-bond acceptors (Lipinski definition) is 7. The Balaban J connectivity index is 1.26. The number of carbonyl (C=O) groups is 1. The Bertz CT molecular complexity index is 1020. The summed E-state index contributed by atoms with van der Waals surface area (Å²) in [5.41, 5.74) is 0.275. The summed E-state index contributed by atoms with van der Waals surface area (Å²) >= 11 is 0. The fourth-order valence-corrected chi connectivity index (χ4v) is 8.43. The lowest BCUT2D eigenvalue weighted by Crippen LogP contribution is -2.44. The molecular formula is C21H31N3O6S2. The Morgan fingerprint density at radius 2 is 1.75 bits per heavy atom. The summed E-state index contributed by atoms with van der Waals surface area (Å²) < 4.78 is 59.4. The maximum atomic E-state index is 12.7. The van der Waals surface area contributed by atoms with E-state index in [2.05, 4.69) is 10.0 Å². The summed E-state index contributed by atoms with van der Waals surface area (Å²) in [5.74, 6) is -0.505. The molecule has 0 radical (unpaired) electrons. The number of esters is 1. The fraction of sp³-hybridized carbons (Fsp3) is 0.667. The number of piperidine rings is 1. The molecule has 178 valence electrons. The molecule has 3 unspecified atom stereocenters. The van der Waals surface area contributed by atoms with Gasteiger partial charge in [-0.3, -0.25) is 5.32 Å². The van der Waals surface area contributed by atoms with E-state index in [4.69, 9.17) is 4.74 Å². The van der Waals surface area contributed by atoms with Crippen LogP contribution in [0.15, 0.2) is 29.2 Å². The van der Waals surface area contributed by atoms with Crippen LogP contribution in [-0.2, 0) is 24.8 Å². The Hall–Kier alpha value is -1.53. The van der Waals surface area contributed by atoms with Crippen LogP contribution in [0.4, 0.5) is 0 Å². The van der Waals surface area contributed by atoms with Gasteiger partial charge in [-0.1, -0.05) is 19.3 Å². The maximum absolute atomic E-state index is 12.7. The van der Waals surface area contributed by atoms with Gasteiger partial charge in [0.2, 0.25) is 20.0 Å². The van der Waals surface area contributed by atoms with Gasteiger partial charge in [0, 0.05) is 25.6 Å². The molecule has 0 aromatic heterocycles. The zero-order chi connectivity index (χ0) is 22.8. The van der Waals surface area contributed by atoms with Gasteiger partial charge in [0.05, 0.1) is 21.9 Å². The van der Waals surface area contributed by atoms with Crippen LogP contribution in [0.5, 0.6) is 0 Å². The van der Waals surface area contributed by atoms with Crippen molar-refractivity contribution < 1.29 is 26.4 Å². The normalized spacial score (nSPS) is 28.2. The largest absolute Gasteiger partial charge is 0.461 e. The van der Waals surface area contributed by atoms with Crippen molar-refractivity contribution in [3.63, 3.8) is 0 Å². The summed E-state index contributed by atoms with van der Waals surface area (Å²) in [5, 5.41) is 2.82. The van der Waals surface area contributed by atoms with Gasteiger partial charge in [0.1, 0.15) is 6.61 Å². The van der Waals surface area contributed by atoms with E-state index < -0.39 is 26.0 Å². The van der Waals surface area contributed by atoms with Crippen molar-refractivity contribution in [1.29, 1.82) is 0 Å². The number of benzene rings is 1. The smallest absolute Gasteiger partial charge is 0.338 e. The van der Waals surface area contributed by atoms with Crippen LogP contribution in [-0.4, -0.2) is 64.8 Å².